The van der Waals surface area contributed by atoms with Crippen molar-refractivity contribution in [3.63, 3.8) is 0 Å². The summed E-state index contributed by atoms with van der Waals surface area (Å²) in [6.45, 7) is 0. The van der Waals surface area contributed by atoms with Crippen LogP contribution >= 0.6 is 0 Å². The van der Waals surface area contributed by atoms with Crippen molar-refractivity contribution in [2.75, 3.05) is 0 Å². The highest BCUT2D eigenvalue weighted by molar-refractivity contribution is 6.02. The van der Waals surface area contributed by atoms with E-state index in [1.807, 2.05) is 18.2 Å². The van der Waals surface area contributed by atoms with Crippen LogP contribution in [0.5, 0.6) is 5.75 Å². The Kier molecular flexibility index (Phi) is 3.26. The summed E-state index contributed by atoms with van der Waals surface area (Å²) < 4.78 is 0. The molecule has 1 aromatic heterocycles. The number of imidazole rings is 1. The molecule has 0 unspecified atom stereocenters. The van der Waals surface area contributed by atoms with Gasteiger partial charge in [0.2, 0.25) is 0 Å². The normalized spacial score (nSPS) is 22.5. The minimum absolute atomic E-state index is 0.241. The van der Waals surface area contributed by atoms with E-state index in [0.717, 1.165) is 33.8 Å². The van der Waals surface area contributed by atoms with Crippen molar-refractivity contribution >= 4 is 16.9 Å². The molecule has 1 aliphatic carbocycles. The second-order valence-electron chi connectivity index (χ2n) is 6.95. The largest absolute Gasteiger partial charge is 0.508 e. The van der Waals surface area contributed by atoms with E-state index in [1.54, 1.807) is 12.1 Å². The molecule has 2 aliphatic rings. The number of aromatic hydroxyl groups is 1. The van der Waals surface area contributed by atoms with Crippen molar-refractivity contribution in [3.8, 4) is 17.1 Å². The van der Waals surface area contributed by atoms with Crippen LogP contribution < -0.4 is 5.32 Å². The maximum atomic E-state index is 9.67. The Hall–Kier alpha value is -2.82. The van der Waals surface area contributed by atoms with Crippen molar-refractivity contribution in [2.45, 2.75) is 37.8 Å². The van der Waals surface area contributed by atoms with Crippen LogP contribution in [0.15, 0.2) is 47.5 Å². The second kappa shape index (κ2) is 5.62. The maximum absolute atomic E-state index is 9.67. The molecule has 3 aromatic rings. The molecule has 0 spiro atoms. The topological polar surface area (TPSA) is 73.3 Å². The third-order valence-electron chi connectivity index (χ3n) is 5.22. The molecule has 1 saturated carbocycles. The molecular weight excluding hydrogens is 312 g/mol. The van der Waals surface area contributed by atoms with E-state index in [2.05, 4.69) is 27.4 Å². The molecule has 2 heterocycles. The van der Waals surface area contributed by atoms with Crippen LogP contribution in [0.1, 0.15) is 31.2 Å². The number of nitrogens with one attached hydrogen (secondary N) is 2. The van der Waals surface area contributed by atoms with Crippen molar-refractivity contribution in [1.82, 2.24) is 15.3 Å². The predicted octanol–water partition coefficient (Wildman–Crippen LogP) is 3.60. The van der Waals surface area contributed by atoms with E-state index in [0.29, 0.717) is 12.1 Å². The van der Waals surface area contributed by atoms with Gasteiger partial charge in [0.05, 0.1) is 17.1 Å². The fourth-order valence-electron chi connectivity index (χ4n) is 3.92. The van der Waals surface area contributed by atoms with Gasteiger partial charge < -0.3 is 15.4 Å². The first-order valence-electron chi connectivity index (χ1n) is 8.90. The Morgan fingerprint density at radius 3 is 2.80 bits per heavy atom. The zero-order valence-electron chi connectivity index (χ0n) is 13.9. The number of benzene rings is 2. The molecule has 5 heteroatoms. The number of H-pyrrole nitrogens is 1. The van der Waals surface area contributed by atoms with Crippen molar-refractivity contribution < 1.29 is 5.11 Å². The molecule has 0 radical (unpaired) electrons. The van der Waals surface area contributed by atoms with E-state index < -0.39 is 0 Å². The molecule has 126 valence electrons. The Balaban J connectivity index is 1.50. The molecule has 0 amide bonds. The SMILES string of the molecule is Oc1cccc(-c2nc3ccc(C4=N[C@@H]5CCCC[C@H]5N4)cc3[nH]2)c1. The van der Waals surface area contributed by atoms with Crippen LogP contribution in [0.4, 0.5) is 0 Å². The average molecular weight is 332 g/mol. The van der Waals surface area contributed by atoms with Gasteiger partial charge in [-0.25, -0.2) is 4.98 Å². The molecular formula is C20H20N4O. The number of hydrogen-bond acceptors (Lipinski definition) is 4. The Morgan fingerprint density at radius 2 is 1.92 bits per heavy atom. The first-order valence-corrected chi connectivity index (χ1v) is 8.90. The second-order valence-corrected chi connectivity index (χ2v) is 6.95. The first-order chi connectivity index (χ1) is 12.3. The van der Waals surface area contributed by atoms with Gasteiger partial charge >= 0.3 is 0 Å². The summed E-state index contributed by atoms with van der Waals surface area (Å²) in [5, 5.41) is 13.3. The molecule has 1 aliphatic heterocycles. The number of phenolic OH excluding ortho intramolecular Hbond substituents is 1. The molecule has 5 rings (SSSR count). The number of aromatic amines is 1. The van der Waals surface area contributed by atoms with E-state index in [1.165, 1.54) is 25.7 Å². The fraction of sp³-hybridized carbons (Fsp3) is 0.300. The lowest BCUT2D eigenvalue weighted by molar-refractivity contribution is 0.385. The van der Waals surface area contributed by atoms with Gasteiger partial charge in [0.25, 0.3) is 0 Å². The highest BCUT2D eigenvalue weighted by atomic mass is 16.3. The van der Waals surface area contributed by atoms with Gasteiger partial charge in [-0.2, -0.15) is 0 Å². The van der Waals surface area contributed by atoms with Gasteiger partial charge in [0.1, 0.15) is 17.4 Å². The number of phenols is 1. The lowest BCUT2D eigenvalue weighted by atomic mass is 9.92. The van der Waals surface area contributed by atoms with Gasteiger partial charge in [0.15, 0.2) is 0 Å². The number of amidine groups is 1. The summed E-state index contributed by atoms with van der Waals surface area (Å²) in [7, 11) is 0. The van der Waals surface area contributed by atoms with E-state index in [-0.39, 0.29) is 5.75 Å². The number of rotatable bonds is 2. The summed E-state index contributed by atoms with van der Waals surface area (Å²) in [6.07, 6.45) is 4.98. The molecule has 5 nitrogen and oxygen atoms in total. The van der Waals surface area contributed by atoms with Crippen molar-refractivity contribution in [2.24, 2.45) is 4.99 Å². The minimum atomic E-state index is 0.241. The average Bonchev–Trinajstić information content (AvgIpc) is 3.25. The lowest BCUT2D eigenvalue weighted by Gasteiger charge is -2.23. The molecule has 0 bridgehead atoms. The van der Waals surface area contributed by atoms with Crippen LogP contribution in [0.3, 0.4) is 0 Å². The molecule has 3 N–H and O–H groups in total. The van der Waals surface area contributed by atoms with E-state index in [9.17, 15) is 5.11 Å². The third kappa shape index (κ3) is 2.56. The third-order valence-corrected chi connectivity index (χ3v) is 5.22. The first kappa shape index (κ1) is 14.5. The number of hydrogen-bond donors (Lipinski definition) is 3. The number of aromatic nitrogens is 2. The Bertz CT molecular complexity index is 975. The quantitative estimate of drug-likeness (QED) is 0.671. The summed E-state index contributed by atoms with van der Waals surface area (Å²) in [4.78, 5) is 12.9. The minimum Gasteiger partial charge on any atom is -0.508 e. The number of nitrogens with zero attached hydrogens (tertiary/aromatic N) is 2. The van der Waals surface area contributed by atoms with Crippen LogP contribution in [-0.2, 0) is 0 Å². The molecule has 25 heavy (non-hydrogen) atoms. The van der Waals surface area contributed by atoms with Gasteiger partial charge in [0, 0.05) is 17.2 Å². The van der Waals surface area contributed by atoms with E-state index in [4.69, 9.17) is 4.99 Å². The van der Waals surface area contributed by atoms with Gasteiger partial charge in [-0.05, 0) is 43.2 Å². The van der Waals surface area contributed by atoms with Crippen molar-refractivity contribution in [1.29, 1.82) is 0 Å². The smallest absolute Gasteiger partial charge is 0.138 e. The fourth-order valence-corrected chi connectivity index (χ4v) is 3.92. The molecule has 1 fully saturated rings. The predicted molar refractivity (Wildman–Crippen MR) is 98.9 cm³/mol. The number of aliphatic imine (C=N–C) groups is 1. The van der Waals surface area contributed by atoms with Crippen LogP contribution in [0, 0.1) is 0 Å². The Labute approximate surface area is 145 Å². The van der Waals surface area contributed by atoms with Crippen molar-refractivity contribution in [3.05, 3.63) is 48.0 Å². The molecule has 0 saturated heterocycles. The van der Waals surface area contributed by atoms with Crippen LogP contribution in [0.2, 0.25) is 0 Å². The Morgan fingerprint density at radius 1 is 1.00 bits per heavy atom. The summed E-state index contributed by atoms with van der Waals surface area (Å²) in [5.41, 5.74) is 3.88. The molecule has 2 atom stereocenters. The maximum Gasteiger partial charge on any atom is 0.138 e. The zero-order valence-corrected chi connectivity index (χ0v) is 13.9. The van der Waals surface area contributed by atoms with Gasteiger partial charge in [-0.1, -0.05) is 25.0 Å². The van der Waals surface area contributed by atoms with Gasteiger partial charge in [-0.3, -0.25) is 4.99 Å². The molecule has 2 aromatic carbocycles. The number of fused-ring (bicyclic) bond motifs is 2. The monoisotopic (exact) mass is 332 g/mol. The van der Waals surface area contributed by atoms with Gasteiger partial charge in [-0.15, -0.1) is 0 Å². The highest BCUT2D eigenvalue weighted by Gasteiger charge is 2.31. The summed E-state index contributed by atoms with van der Waals surface area (Å²) in [5.74, 6) is 2.01. The zero-order chi connectivity index (χ0) is 16.8. The van der Waals surface area contributed by atoms with Crippen LogP contribution in [-0.4, -0.2) is 33.0 Å². The summed E-state index contributed by atoms with van der Waals surface area (Å²) >= 11 is 0. The standard InChI is InChI=1S/C20H20N4O/c25-14-5-3-4-12(10-14)19-23-17-9-8-13(11-18(17)24-19)20-21-15-6-1-2-7-16(15)22-20/h3-5,8-11,15-16,25H,1-2,6-7H2,(H,21,22)(H,23,24)/t15-,16-/m1/s1. The van der Waals surface area contributed by atoms with Crippen LogP contribution in [0.25, 0.3) is 22.4 Å². The highest BCUT2D eigenvalue weighted by Crippen LogP contribution is 2.28. The van der Waals surface area contributed by atoms with E-state index >= 15 is 0 Å². The lowest BCUT2D eigenvalue weighted by Crippen LogP contribution is -2.36. The summed E-state index contributed by atoms with van der Waals surface area (Å²) in [6, 6.07) is 14.3.